The number of nitrogens with one attached hydrogen (secondary N) is 1. The highest BCUT2D eigenvalue weighted by Crippen LogP contribution is 2.17. The van der Waals surface area contributed by atoms with E-state index in [-0.39, 0.29) is 0 Å². The predicted octanol–water partition coefficient (Wildman–Crippen LogP) is 3.40. The molecule has 1 N–H and O–H groups in total. The summed E-state index contributed by atoms with van der Waals surface area (Å²) >= 11 is 0. The van der Waals surface area contributed by atoms with Crippen LogP contribution in [0, 0.1) is 0 Å². The maximum atomic E-state index is 5.49. The number of guanidine groups is 1. The standard InChI is InChI=1S/C24H37N5O/c1-5-28(6-2)22-13-14-29(18-22)24(25-3)26-16-20-10-7-8-11-21(20)17-27(4)19-23-12-9-15-30-23/h7-12,15,22H,5-6,13-14,16-19H2,1-4H3,(H,25,26). The van der Waals surface area contributed by atoms with Crippen molar-refractivity contribution in [2.24, 2.45) is 4.99 Å². The molecule has 1 fully saturated rings. The third kappa shape index (κ3) is 5.86. The molecule has 6 heteroatoms. The summed E-state index contributed by atoms with van der Waals surface area (Å²) in [5, 5.41) is 3.60. The summed E-state index contributed by atoms with van der Waals surface area (Å²) in [6.45, 7) is 11.3. The summed E-state index contributed by atoms with van der Waals surface area (Å²) in [6.07, 6.45) is 2.94. The first-order valence-electron chi connectivity index (χ1n) is 11.1. The van der Waals surface area contributed by atoms with Crippen molar-refractivity contribution in [1.82, 2.24) is 20.0 Å². The highest BCUT2D eigenvalue weighted by Gasteiger charge is 2.28. The van der Waals surface area contributed by atoms with Crippen molar-refractivity contribution in [3.63, 3.8) is 0 Å². The van der Waals surface area contributed by atoms with Crippen molar-refractivity contribution < 1.29 is 4.42 Å². The quantitative estimate of drug-likeness (QED) is 0.506. The van der Waals surface area contributed by atoms with Gasteiger partial charge in [-0.15, -0.1) is 0 Å². The van der Waals surface area contributed by atoms with Crippen LogP contribution in [0.3, 0.4) is 0 Å². The topological polar surface area (TPSA) is 47.2 Å². The van der Waals surface area contributed by atoms with Crippen LogP contribution in [0.5, 0.6) is 0 Å². The minimum Gasteiger partial charge on any atom is -0.468 e. The Labute approximate surface area is 181 Å². The van der Waals surface area contributed by atoms with Crippen molar-refractivity contribution in [2.45, 2.75) is 45.9 Å². The van der Waals surface area contributed by atoms with Crippen LogP contribution in [0.25, 0.3) is 0 Å². The van der Waals surface area contributed by atoms with E-state index in [9.17, 15) is 0 Å². The normalized spacial score (nSPS) is 17.3. The van der Waals surface area contributed by atoms with Crippen molar-refractivity contribution in [1.29, 1.82) is 0 Å². The SMILES string of the molecule is CCN(CC)C1CCN(C(=NC)NCc2ccccc2CN(C)Cc2ccco2)C1. The van der Waals surface area contributed by atoms with Crippen LogP contribution >= 0.6 is 0 Å². The summed E-state index contributed by atoms with van der Waals surface area (Å²) in [5.41, 5.74) is 2.64. The molecule has 1 aliphatic heterocycles. The first-order chi connectivity index (χ1) is 14.6. The first kappa shape index (κ1) is 22.4. The van der Waals surface area contributed by atoms with Gasteiger partial charge in [0.05, 0.1) is 12.8 Å². The molecule has 1 unspecified atom stereocenters. The molecule has 1 aliphatic rings. The first-order valence-corrected chi connectivity index (χ1v) is 11.1. The van der Waals surface area contributed by atoms with Gasteiger partial charge in [0.15, 0.2) is 5.96 Å². The Kier molecular flexibility index (Phi) is 8.34. The third-order valence-electron chi connectivity index (χ3n) is 6.00. The van der Waals surface area contributed by atoms with Gasteiger partial charge in [-0.1, -0.05) is 38.1 Å². The highest BCUT2D eigenvalue weighted by atomic mass is 16.3. The molecule has 1 saturated heterocycles. The fraction of sp³-hybridized carbons (Fsp3) is 0.542. The van der Waals surface area contributed by atoms with Gasteiger partial charge >= 0.3 is 0 Å². The maximum absolute atomic E-state index is 5.49. The number of aliphatic imine (C=N–C) groups is 1. The van der Waals surface area contributed by atoms with E-state index in [1.807, 2.05) is 19.2 Å². The van der Waals surface area contributed by atoms with E-state index in [1.54, 1.807) is 6.26 Å². The Hall–Kier alpha value is -2.31. The van der Waals surface area contributed by atoms with Crippen LogP contribution < -0.4 is 5.32 Å². The van der Waals surface area contributed by atoms with E-state index in [2.05, 4.69) is 70.2 Å². The largest absolute Gasteiger partial charge is 0.468 e. The minimum absolute atomic E-state index is 0.626. The molecule has 1 atom stereocenters. The molecule has 0 spiro atoms. The number of likely N-dealkylation sites (N-methyl/N-ethyl adjacent to an activating group) is 1. The van der Waals surface area contributed by atoms with Gasteiger partial charge in [-0.25, -0.2) is 0 Å². The lowest BCUT2D eigenvalue weighted by Crippen LogP contribution is -2.43. The number of nitrogens with zero attached hydrogens (tertiary/aromatic N) is 4. The van der Waals surface area contributed by atoms with Gasteiger partial charge in [-0.2, -0.15) is 0 Å². The van der Waals surface area contributed by atoms with Gasteiger partial charge in [0.1, 0.15) is 5.76 Å². The zero-order chi connectivity index (χ0) is 21.3. The second kappa shape index (κ2) is 11.2. The van der Waals surface area contributed by atoms with Crippen LogP contribution in [-0.4, -0.2) is 67.0 Å². The number of likely N-dealkylation sites (tertiary alicyclic amines) is 1. The van der Waals surface area contributed by atoms with Crippen molar-refractivity contribution in [3.05, 3.63) is 59.5 Å². The Morgan fingerprint density at radius 3 is 2.57 bits per heavy atom. The molecule has 0 amide bonds. The molecule has 30 heavy (non-hydrogen) atoms. The molecule has 0 aliphatic carbocycles. The summed E-state index contributed by atoms with van der Waals surface area (Å²) in [6, 6.07) is 13.2. The molecule has 1 aromatic carbocycles. The molecule has 2 heterocycles. The second-order valence-electron chi connectivity index (χ2n) is 8.03. The number of hydrogen-bond acceptors (Lipinski definition) is 4. The maximum Gasteiger partial charge on any atom is 0.193 e. The van der Waals surface area contributed by atoms with Crippen LogP contribution in [-0.2, 0) is 19.6 Å². The second-order valence-corrected chi connectivity index (χ2v) is 8.03. The Morgan fingerprint density at radius 2 is 1.90 bits per heavy atom. The molecule has 6 nitrogen and oxygen atoms in total. The van der Waals surface area contributed by atoms with Gasteiger partial charge in [-0.3, -0.25) is 14.8 Å². The fourth-order valence-corrected chi connectivity index (χ4v) is 4.38. The lowest BCUT2D eigenvalue weighted by molar-refractivity contribution is 0.223. The number of furan rings is 1. The van der Waals surface area contributed by atoms with Crippen LogP contribution in [0.15, 0.2) is 52.1 Å². The van der Waals surface area contributed by atoms with Gasteiger partial charge in [0.25, 0.3) is 0 Å². The van der Waals surface area contributed by atoms with Gasteiger partial charge in [0.2, 0.25) is 0 Å². The average molecular weight is 412 g/mol. The van der Waals surface area contributed by atoms with E-state index in [4.69, 9.17) is 4.42 Å². The van der Waals surface area contributed by atoms with E-state index in [1.165, 1.54) is 17.5 Å². The average Bonchev–Trinajstić information content (AvgIpc) is 3.43. The summed E-state index contributed by atoms with van der Waals surface area (Å²) < 4.78 is 5.49. The summed E-state index contributed by atoms with van der Waals surface area (Å²) in [7, 11) is 4.01. The lowest BCUT2D eigenvalue weighted by Gasteiger charge is -2.27. The van der Waals surface area contributed by atoms with Crippen molar-refractivity contribution >= 4 is 5.96 Å². The molecule has 0 bridgehead atoms. The van der Waals surface area contributed by atoms with E-state index in [0.717, 1.165) is 57.5 Å². The van der Waals surface area contributed by atoms with E-state index >= 15 is 0 Å². The van der Waals surface area contributed by atoms with Crippen molar-refractivity contribution in [2.75, 3.05) is 40.3 Å². The zero-order valence-corrected chi connectivity index (χ0v) is 19.0. The fourth-order valence-electron chi connectivity index (χ4n) is 4.38. The summed E-state index contributed by atoms with van der Waals surface area (Å²) in [4.78, 5) is 11.8. The Balaban J connectivity index is 1.57. The molecule has 0 radical (unpaired) electrons. The van der Waals surface area contributed by atoms with Gasteiger partial charge in [0, 0.05) is 39.3 Å². The molecule has 164 valence electrons. The third-order valence-corrected chi connectivity index (χ3v) is 6.00. The van der Waals surface area contributed by atoms with Gasteiger partial charge in [-0.05, 0) is 49.8 Å². The number of hydrogen-bond donors (Lipinski definition) is 1. The monoisotopic (exact) mass is 411 g/mol. The smallest absolute Gasteiger partial charge is 0.193 e. The molecule has 0 saturated carbocycles. The zero-order valence-electron chi connectivity index (χ0n) is 19.0. The van der Waals surface area contributed by atoms with Gasteiger partial charge < -0.3 is 14.6 Å². The number of benzene rings is 1. The Morgan fingerprint density at radius 1 is 1.13 bits per heavy atom. The molecule has 3 rings (SSSR count). The molecule has 2 aromatic rings. The summed E-state index contributed by atoms with van der Waals surface area (Å²) in [5.74, 6) is 1.99. The molecular formula is C24H37N5O. The number of rotatable bonds is 9. The predicted molar refractivity (Wildman–Crippen MR) is 123 cm³/mol. The van der Waals surface area contributed by atoms with E-state index < -0.39 is 0 Å². The van der Waals surface area contributed by atoms with Crippen LogP contribution in [0.1, 0.15) is 37.2 Å². The van der Waals surface area contributed by atoms with E-state index in [0.29, 0.717) is 6.04 Å². The van der Waals surface area contributed by atoms with Crippen molar-refractivity contribution in [3.8, 4) is 0 Å². The Bertz CT molecular complexity index is 785. The molecular weight excluding hydrogens is 374 g/mol. The lowest BCUT2D eigenvalue weighted by atomic mass is 10.1. The molecule has 1 aromatic heterocycles. The van der Waals surface area contributed by atoms with Crippen LogP contribution in [0.4, 0.5) is 0 Å². The minimum atomic E-state index is 0.626. The van der Waals surface area contributed by atoms with Crippen LogP contribution in [0.2, 0.25) is 0 Å². The highest BCUT2D eigenvalue weighted by molar-refractivity contribution is 5.80.